The third kappa shape index (κ3) is 4.30. The van der Waals surface area contributed by atoms with Crippen molar-refractivity contribution < 1.29 is 14.3 Å². The Bertz CT molecular complexity index is 856. The van der Waals surface area contributed by atoms with Gasteiger partial charge in [0.2, 0.25) is 0 Å². The third-order valence-electron chi connectivity index (χ3n) is 4.04. The lowest BCUT2D eigenvalue weighted by molar-refractivity contribution is -0.115. The first-order chi connectivity index (χ1) is 12.7. The summed E-state index contributed by atoms with van der Waals surface area (Å²) in [5.41, 5.74) is 2.39. The van der Waals surface area contributed by atoms with Gasteiger partial charge >= 0.3 is 0 Å². The van der Waals surface area contributed by atoms with E-state index in [0.717, 1.165) is 29.0 Å². The van der Waals surface area contributed by atoms with E-state index in [4.69, 9.17) is 9.47 Å². The Kier molecular flexibility index (Phi) is 5.69. The Morgan fingerprint density at radius 1 is 1.12 bits per heavy atom. The smallest absolute Gasteiger partial charge is 0.275 e. The van der Waals surface area contributed by atoms with Gasteiger partial charge in [-0.1, -0.05) is 30.3 Å². The lowest BCUT2D eigenvalue weighted by Crippen LogP contribution is -2.24. The number of nitrogens with one attached hydrogen (secondary N) is 1. The van der Waals surface area contributed by atoms with E-state index in [1.165, 1.54) is 0 Å². The summed E-state index contributed by atoms with van der Waals surface area (Å²) in [7, 11) is 1.66. The highest BCUT2D eigenvalue weighted by Gasteiger charge is 2.20. The molecule has 0 saturated heterocycles. The molecule has 1 N–H and O–H groups in total. The van der Waals surface area contributed by atoms with Crippen LogP contribution in [0.25, 0.3) is 6.08 Å². The lowest BCUT2D eigenvalue weighted by Gasteiger charge is -2.07. The Balaban J connectivity index is 1.71. The summed E-state index contributed by atoms with van der Waals surface area (Å²) in [4.78, 5) is 16.6. The molecule has 0 unspecified atom stereocenters. The summed E-state index contributed by atoms with van der Waals surface area (Å²) < 4.78 is 10.9. The fourth-order valence-electron chi connectivity index (χ4n) is 2.82. The van der Waals surface area contributed by atoms with Crippen LogP contribution in [-0.4, -0.2) is 25.5 Å². The molecule has 0 spiro atoms. The van der Waals surface area contributed by atoms with Crippen LogP contribution >= 0.6 is 0 Å². The van der Waals surface area contributed by atoms with Gasteiger partial charge in [0.25, 0.3) is 5.91 Å². The van der Waals surface area contributed by atoms with Crippen LogP contribution in [0.3, 0.4) is 0 Å². The molecule has 0 atom stereocenters. The molecule has 1 heterocycles. The molecule has 26 heavy (non-hydrogen) atoms. The second-order valence-electron chi connectivity index (χ2n) is 5.86. The molecule has 0 bridgehead atoms. The normalized spacial score (nSPS) is 14.9. The number of hydrogen-bond acceptors (Lipinski definition) is 4. The Hall–Kier alpha value is -3.08. The predicted octanol–water partition coefficient (Wildman–Crippen LogP) is 3.60. The van der Waals surface area contributed by atoms with Crippen molar-refractivity contribution in [3.8, 4) is 11.5 Å². The highest BCUT2D eigenvalue weighted by Crippen LogP contribution is 2.21. The molecule has 0 fully saturated rings. The topological polar surface area (TPSA) is 59.9 Å². The van der Waals surface area contributed by atoms with E-state index >= 15 is 0 Å². The van der Waals surface area contributed by atoms with Crippen LogP contribution in [0, 0.1) is 0 Å². The molecule has 0 radical (unpaired) electrons. The minimum absolute atomic E-state index is 0.179. The van der Waals surface area contributed by atoms with E-state index in [2.05, 4.69) is 10.3 Å². The minimum atomic E-state index is -0.179. The Morgan fingerprint density at radius 2 is 1.96 bits per heavy atom. The van der Waals surface area contributed by atoms with Crippen molar-refractivity contribution in [3.05, 3.63) is 65.4 Å². The maximum absolute atomic E-state index is 12.2. The van der Waals surface area contributed by atoms with Crippen molar-refractivity contribution in [2.45, 2.75) is 19.8 Å². The molecular formula is C21H22N2O3. The van der Waals surface area contributed by atoms with Gasteiger partial charge in [0.15, 0.2) is 0 Å². The lowest BCUT2D eigenvalue weighted by atomic mass is 10.1. The number of aliphatic imine (C=N–C) groups is 1. The van der Waals surface area contributed by atoms with Gasteiger partial charge in [0.05, 0.1) is 13.7 Å². The van der Waals surface area contributed by atoms with Crippen LogP contribution in [0.5, 0.6) is 11.5 Å². The van der Waals surface area contributed by atoms with E-state index in [-0.39, 0.29) is 5.91 Å². The summed E-state index contributed by atoms with van der Waals surface area (Å²) in [6, 6.07) is 15.5. The molecule has 2 aromatic carbocycles. The molecular weight excluding hydrogens is 328 g/mol. The number of aryl methyl sites for hydroxylation is 1. The molecule has 0 aromatic heterocycles. The molecule has 134 valence electrons. The second kappa shape index (κ2) is 8.34. The molecule has 1 amide bonds. The molecule has 0 saturated carbocycles. The van der Waals surface area contributed by atoms with Crippen molar-refractivity contribution in [2.24, 2.45) is 4.99 Å². The number of carbonyl (C=O) groups is 1. The Morgan fingerprint density at radius 3 is 2.77 bits per heavy atom. The zero-order valence-corrected chi connectivity index (χ0v) is 15.0. The van der Waals surface area contributed by atoms with Crippen LogP contribution in [0.1, 0.15) is 24.5 Å². The van der Waals surface area contributed by atoms with E-state index < -0.39 is 0 Å². The van der Waals surface area contributed by atoms with Gasteiger partial charge in [-0.3, -0.25) is 4.79 Å². The summed E-state index contributed by atoms with van der Waals surface area (Å²) in [5.74, 6) is 2.12. The van der Waals surface area contributed by atoms with Crippen molar-refractivity contribution >= 4 is 17.8 Å². The number of amidine groups is 1. The van der Waals surface area contributed by atoms with Gasteiger partial charge in [-0.15, -0.1) is 0 Å². The SMILES string of the molecule is CCOc1cccc(/C=C2/N=C(CCc3ccccc3OC)NC2=O)c1. The van der Waals surface area contributed by atoms with Gasteiger partial charge < -0.3 is 14.8 Å². The monoisotopic (exact) mass is 350 g/mol. The van der Waals surface area contributed by atoms with Crippen molar-refractivity contribution in [1.29, 1.82) is 0 Å². The molecule has 5 heteroatoms. The van der Waals surface area contributed by atoms with Gasteiger partial charge in [-0.25, -0.2) is 4.99 Å². The Labute approximate surface area is 153 Å². The first-order valence-corrected chi connectivity index (χ1v) is 8.65. The summed E-state index contributed by atoms with van der Waals surface area (Å²) in [5, 5.41) is 2.84. The average molecular weight is 350 g/mol. The number of benzene rings is 2. The maximum Gasteiger partial charge on any atom is 0.275 e. The van der Waals surface area contributed by atoms with Crippen LogP contribution in [0.15, 0.2) is 59.2 Å². The van der Waals surface area contributed by atoms with Crippen LogP contribution < -0.4 is 14.8 Å². The van der Waals surface area contributed by atoms with Gasteiger partial charge in [0.1, 0.15) is 23.0 Å². The van der Waals surface area contributed by atoms with E-state index in [9.17, 15) is 4.79 Å². The van der Waals surface area contributed by atoms with Gasteiger partial charge in [0, 0.05) is 6.42 Å². The molecule has 3 rings (SSSR count). The summed E-state index contributed by atoms with van der Waals surface area (Å²) >= 11 is 0. The molecule has 1 aliphatic heterocycles. The number of nitrogens with zero attached hydrogens (tertiary/aromatic N) is 1. The maximum atomic E-state index is 12.2. The predicted molar refractivity (Wildman–Crippen MR) is 102 cm³/mol. The van der Waals surface area contributed by atoms with Crippen LogP contribution in [0.4, 0.5) is 0 Å². The minimum Gasteiger partial charge on any atom is -0.496 e. The zero-order chi connectivity index (χ0) is 18.4. The number of methoxy groups -OCH3 is 1. The van der Waals surface area contributed by atoms with E-state index in [1.54, 1.807) is 13.2 Å². The zero-order valence-electron chi connectivity index (χ0n) is 15.0. The fourth-order valence-corrected chi connectivity index (χ4v) is 2.82. The van der Waals surface area contributed by atoms with Crippen LogP contribution in [0.2, 0.25) is 0 Å². The summed E-state index contributed by atoms with van der Waals surface area (Å²) in [6.07, 6.45) is 3.16. The van der Waals surface area contributed by atoms with E-state index in [0.29, 0.717) is 24.6 Å². The highest BCUT2D eigenvalue weighted by atomic mass is 16.5. The number of amides is 1. The third-order valence-corrected chi connectivity index (χ3v) is 4.04. The fraction of sp³-hybridized carbons (Fsp3) is 0.238. The number of para-hydroxylation sites is 1. The number of hydrogen-bond donors (Lipinski definition) is 1. The first kappa shape index (κ1) is 17.7. The van der Waals surface area contributed by atoms with Crippen molar-refractivity contribution in [2.75, 3.05) is 13.7 Å². The quantitative estimate of drug-likeness (QED) is 0.776. The van der Waals surface area contributed by atoms with Crippen LogP contribution in [-0.2, 0) is 11.2 Å². The summed E-state index contributed by atoms with van der Waals surface area (Å²) in [6.45, 7) is 2.54. The van der Waals surface area contributed by atoms with Gasteiger partial charge in [-0.2, -0.15) is 0 Å². The van der Waals surface area contributed by atoms with Crippen molar-refractivity contribution in [3.63, 3.8) is 0 Å². The number of carbonyl (C=O) groups excluding carboxylic acids is 1. The standard InChI is InChI=1S/C21H22N2O3/c1-3-26-17-9-6-7-15(13-17)14-18-21(24)23-20(22-18)12-11-16-8-4-5-10-19(16)25-2/h4-10,13-14H,3,11-12H2,1-2H3,(H,22,23,24)/b18-14+. The molecule has 0 aliphatic carbocycles. The molecule has 5 nitrogen and oxygen atoms in total. The van der Waals surface area contributed by atoms with E-state index in [1.807, 2.05) is 55.5 Å². The van der Waals surface area contributed by atoms with Gasteiger partial charge in [-0.05, 0) is 48.7 Å². The first-order valence-electron chi connectivity index (χ1n) is 8.65. The number of ether oxygens (including phenoxy) is 2. The molecule has 2 aromatic rings. The largest absolute Gasteiger partial charge is 0.496 e. The molecule has 1 aliphatic rings. The highest BCUT2D eigenvalue weighted by molar-refractivity contribution is 6.14. The number of rotatable bonds is 7. The van der Waals surface area contributed by atoms with Crippen molar-refractivity contribution in [1.82, 2.24) is 5.32 Å². The second-order valence-corrected chi connectivity index (χ2v) is 5.86. The average Bonchev–Trinajstić information content (AvgIpc) is 3.00.